The van der Waals surface area contributed by atoms with Crippen LogP contribution in [-0.2, 0) is 32.6 Å². The molecule has 10 heteroatoms. The predicted molar refractivity (Wildman–Crippen MR) is 165 cm³/mol. The molecular weight excluding hydrogens is 614 g/mol. The van der Waals surface area contributed by atoms with Crippen molar-refractivity contribution >= 4 is 55.1 Å². The topological polar surface area (TPSA) is 86.8 Å². The Hall–Kier alpha value is -2.88. The molecule has 7 nitrogen and oxygen atoms in total. The zero-order chi connectivity index (χ0) is 29.4. The van der Waals surface area contributed by atoms with E-state index in [2.05, 4.69) is 21.2 Å². The van der Waals surface area contributed by atoms with E-state index in [0.29, 0.717) is 10.7 Å². The predicted octanol–water partition coefficient (Wildman–Crippen LogP) is 5.73. The van der Waals surface area contributed by atoms with E-state index in [4.69, 9.17) is 11.6 Å². The van der Waals surface area contributed by atoms with E-state index in [0.717, 1.165) is 38.1 Å². The second-order valence-electron chi connectivity index (χ2n) is 9.88. The molecule has 2 amide bonds. The first kappa shape index (κ1) is 31.6. The number of carbonyl (C=O) groups is 2. The van der Waals surface area contributed by atoms with Crippen molar-refractivity contribution in [2.75, 3.05) is 17.1 Å². The fraction of sp³-hybridized carbons (Fsp3) is 0.333. The summed E-state index contributed by atoms with van der Waals surface area (Å²) in [5, 5.41) is 3.51. The highest BCUT2D eigenvalue weighted by Gasteiger charge is 2.33. The minimum Gasteiger partial charge on any atom is -0.352 e. The summed E-state index contributed by atoms with van der Waals surface area (Å²) in [6.07, 6.45) is 2.04. The number of benzene rings is 3. The number of nitrogens with zero attached hydrogens (tertiary/aromatic N) is 2. The van der Waals surface area contributed by atoms with Crippen molar-refractivity contribution in [3.8, 4) is 0 Å². The molecule has 3 aromatic carbocycles. The minimum atomic E-state index is -3.83. The number of sulfonamides is 1. The lowest BCUT2D eigenvalue weighted by Gasteiger charge is -2.34. The third-order valence-electron chi connectivity index (χ3n) is 6.62. The molecule has 3 aromatic rings. The van der Waals surface area contributed by atoms with E-state index in [1.54, 1.807) is 36.4 Å². The molecule has 0 fully saturated rings. The Morgan fingerprint density at radius 1 is 1.00 bits per heavy atom. The molecular formula is C30H35BrClN3O4S. The van der Waals surface area contributed by atoms with Crippen molar-refractivity contribution in [1.29, 1.82) is 0 Å². The maximum Gasteiger partial charge on any atom is 0.244 e. The summed E-state index contributed by atoms with van der Waals surface area (Å²) >= 11 is 9.68. The molecule has 0 unspecified atom stereocenters. The highest BCUT2D eigenvalue weighted by atomic mass is 79.9. The first-order chi connectivity index (χ1) is 18.9. The molecule has 0 saturated heterocycles. The molecule has 0 aliphatic carbocycles. The maximum absolute atomic E-state index is 14.1. The monoisotopic (exact) mass is 647 g/mol. The van der Waals surface area contributed by atoms with Gasteiger partial charge in [-0.25, -0.2) is 8.42 Å². The van der Waals surface area contributed by atoms with E-state index in [9.17, 15) is 18.0 Å². The quantitative estimate of drug-likeness (QED) is 0.272. The van der Waals surface area contributed by atoms with Gasteiger partial charge >= 0.3 is 0 Å². The highest BCUT2D eigenvalue weighted by molar-refractivity contribution is 9.10. The third-order valence-corrected chi connectivity index (χ3v) is 8.89. The van der Waals surface area contributed by atoms with Crippen LogP contribution < -0.4 is 9.62 Å². The van der Waals surface area contributed by atoms with Crippen LogP contribution in [0.15, 0.2) is 77.3 Å². The van der Waals surface area contributed by atoms with E-state index < -0.39 is 28.5 Å². The molecule has 0 bridgehead atoms. The summed E-state index contributed by atoms with van der Waals surface area (Å²) < 4.78 is 27.7. The smallest absolute Gasteiger partial charge is 0.244 e. The largest absolute Gasteiger partial charge is 0.352 e. The molecule has 0 saturated carbocycles. The summed E-state index contributed by atoms with van der Waals surface area (Å²) in [5.74, 6) is -0.815. The summed E-state index contributed by atoms with van der Waals surface area (Å²) in [6.45, 7) is 5.32. The number of halogens is 2. The first-order valence-corrected chi connectivity index (χ1v) is 16.0. The Morgan fingerprint density at radius 2 is 1.68 bits per heavy atom. The summed E-state index contributed by atoms with van der Waals surface area (Å²) in [5.41, 5.74) is 2.78. The number of nitrogens with one attached hydrogen (secondary N) is 1. The van der Waals surface area contributed by atoms with Crippen molar-refractivity contribution in [2.24, 2.45) is 0 Å². The fourth-order valence-corrected chi connectivity index (χ4v) is 5.53. The third kappa shape index (κ3) is 8.81. The molecule has 214 valence electrons. The van der Waals surface area contributed by atoms with Crippen LogP contribution >= 0.6 is 27.5 Å². The van der Waals surface area contributed by atoms with Crippen LogP contribution in [0.2, 0.25) is 5.02 Å². The van der Waals surface area contributed by atoms with Gasteiger partial charge in [-0.1, -0.05) is 76.9 Å². The van der Waals surface area contributed by atoms with Crippen LogP contribution in [0.1, 0.15) is 37.0 Å². The number of amides is 2. The second-order valence-corrected chi connectivity index (χ2v) is 13.1. The van der Waals surface area contributed by atoms with Gasteiger partial charge in [0.1, 0.15) is 12.6 Å². The van der Waals surface area contributed by atoms with Gasteiger partial charge in [0.05, 0.1) is 11.9 Å². The number of anilines is 1. The van der Waals surface area contributed by atoms with Crippen LogP contribution in [0.5, 0.6) is 0 Å². The van der Waals surface area contributed by atoms with Gasteiger partial charge in [-0.05, 0) is 67.3 Å². The number of hydrogen-bond donors (Lipinski definition) is 1. The number of rotatable bonds is 12. The zero-order valence-electron chi connectivity index (χ0n) is 23.1. The van der Waals surface area contributed by atoms with E-state index in [1.165, 1.54) is 4.90 Å². The minimum absolute atomic E-state index is 0.0712. The molecule has 0 radical (unpaired) electrons. The molecule has 0 aliphatic rings. The van der Waals surface area contributed by atoms with Crippen molar-refractivity contribution < 1.29 is 18.0 Å². The number of carbonyl (C=O) groups excluding carboxylic acids is 2. The van der Waals surface area contributed by atoms with Gasteiger partial charge in [0.15, 0.2) is 0 Å². The Bertz CT molecular complexity index is 1440. The molecule has 0 aliphatic heterocycles. The Balaban J connectivity index is 2.07. The van der Waals surface area contributed by atoms with E-state index >= 15 is 0 Å². The van der Waals surface area contributed by atoms with Gasteiger partial charge in [-0.15, -0.1) is 0 Å². The van der Waals surface area contributed by atoms with Gasteiger partial charge in [-0.3, -0.25) is 13.9 Å². The Kier molecular flexibility index (Phi) is 11.2. The van der Waals surface area contributed by atoms with Gasteiger partial charge in [0.25, 0.3) is 0 Å². The van der Waals surface area contributed by atoms with Gasteiger partial charge in [0.2, 0.25) is 21.8 Å². The highest BCUT2D eigenvalue weighted by Crippen LogP contribution is 2.26. The zero-order valence-corrected chi connectivity index (χ0v) is 26.3. The second kappa shape index (κ2) is 14.1. The Labute approximate surface area is 250 Å². The SMILES string of the molecule is CC[C@@H](C)NC(=O)[C@@H](Cc1ccccc1)N(Cc1cccc(Cl)c1)C(=O)CN(c1ccc(Br)c(C)c1)S(C)(=O)=O. The van der Waals surface area contributed by atoms with Crippen LogP contribution in [0.4, 0.5) is 5.69 Å². The van der Waals surface area contributed by atoms with Gasteiger partial charge in [0, 0.05) is 28.5 Å². The molecule has 1 N–H and O–H groups in total. The van der Waals surface area contributed by atoms with E-state index in [1.807, 2.05) is 57.2 Å². The van der Waals surface area contributed by atoms with Crippen molar-refractivity contribution in [3.05, 3.63) is 99.0 Å². The van der Waals surface area contributed by atoms with Crippen LogP contribution in [0, 0.1) is 6.92 Å². The van der Waals surface area contributed by atoms with Crippen molar-refractivity contribution in [3.63, 3.8) is 0 Å². The fourth-order valence-electron chi connectivity index (χ4n) is 4.22. The standard InChI is InChI=1S/C30H35BrClN3O4S/c1-5-22(3)33-30(37)28(18-23-10-7-6-8-11-23)34(19-24-12-9-13-25(32)17-24)29(36)20-35(40(4,38)39)26-14-15-27(31)21(2)16-26/h6-17,22,28H,5,18-20H2,1-4H3,(H,33,37)/t22-,28-/m1/s1. The summed E-state index contributed by atoms with van der Waals surface area (Å²) in [7, 11) is -3.83. The van der Waals surface area contributed by atoms with Gasteiger partial charge in [-0.2, -0.15) is 0 Å². The molecule has 2 atom stereocenters. The lowest BCUT2D eigenvalue weighted by molar-refractivity contribution is -0.140. The molecule has 40 heavy (non-hydrogen) atoms. The van der Waals surface area contributed by atoms with Crippen LogP contribution in [0.3, 0.4) is 0 Å². The van der Waals surface area contributed by atoms with Crippen molar-refractivity contribution in [2.45, 2.75) is 52.2 Å². The number of hydrogen-bond acceptors (Lipinski definition) is 4. The average molecular weight is 649 g/mol. The maximum atomic E-state index is 14.1. The average Bonchev–Trinajstić information content (AvgIpc) is 2.90. The normalized spacial score (nSPS) is 12.8. The van der Waals surface area contributed by atoms with Crippen LogP contribution in [-0.4, -0.2) is 50.0 Å². The summed E-state index contributed by atoms with van der Waals surface area (Å²) in [4.78, 5) is 29.2. The van der Waals surface area contributed by atoms with Crippen molar-refractivity contribution in [1.82, 2.24) is 10.2 Å². The first-order valence-electron chi connectivity index (χ1n) is 13.0. The van der Waals surface area contributed by atoms with Gasteiger partial charge < -0.3 is 10.2 Å². The molecule has 3 rings (SSSR count). The number of aryl methyl sites for hydroxylation is 1. The van der Waals surface area contributed by atoms with E-state index in [-0.39, 0.29) is 24.9 Å². The molecule has 0 spiro atoms. The molecule has 0 aromatic heterocycles. The molecule has 0 heterocycles. The Morgan fingerprint density at radius 3 is 2.27 bits per heavy atom. The summed E-state index contributed by atoms with van der Waals surface area (Å²) in [6, 6.07) is 20.6. The van der Waals surface area contributed by atoms with Crippen LogP contribution in [0.25, 0.3) is 0 Å². The lowest BCUT2D eigenvalue weighted by Crippen LogP contribution is -2.54. The lowest BCUT2D eigenvalue weighted by atomic mass is 10.0.